The van der Waals surface area contributed by atoms with Gasteiger partial charge in [0.15, 0.2) is 11.6 Å². The smallest absolute Gasteiger partial charge is 0.224 e. The van der Waals surface area contributed by atoms with E-state index in [1.54, 1.807) is 0 Å². The molecular formula is C40H52N6O4. The normalized spacial score (nSPS) is 13.8. The van der Waals surface area contributed by atoms with Crippen LogP contribution in [0.1, 0.15) is 69.2 Å². The van der Waals surface area contributed by atoms with Gasteiger partial charge in [-0.05, 0) is 67.8 Å². The second kappa shape index (κ2) is 19.5. The van der Waals surface area contributed by atoms with Crippen LogP contribution in [0.25, 0.3) is 5.65 Å². The predicted molar refractivity (Wildman–Crippen MR) is 196 cm³/mol. The molecule has 0 aliphatic rings. The second-order valence-electron chi connectivity index (χ2n) is 13.6. The number of ketones is 2. The molecule has 2 aromatic heterocycles. The van der Waals surface area contributed by atoms with Gasteiger partial charge in [-0.2, -0.15) is 0 Å². The molecule has 0 bridgehead atoms. The zero-order valence-corrected chi connectivity index (χ0v) is 29.3. The lowest BCUT2D eigenvalue weighted by Gasteiger charge is -2.25. The molecule has 6 N–H and O–H groups in total. The van der Waals surface area contributed by atoms with Crippen molar-refractivity contribution in [1.82, 2.24) is 20.0 Å². The molecule has 0 fully saturated rings. The van der Waals surface area contributed by atoms with E-state index < -0.39 is 23.9 Å². The van der Waals surface area contributed by atoms with E-state index in [2.05, 4.69) is 15.6 Å². The van der Waals surface area contributed by atoms with Crippen LogP contribution in [0.2, 0.25) is 0 Å². The van der Waals surface area contributed by atoms with Gasteiger partial charge in [-0.15, -0.1) is 0 Å². The minimum Gasteiger partial charge on any atom is -0.350 e. The molecule has 10 heteroatoms. The average Bonchev–Trinajstić information content (AvgIpc) is 3.53. The summed E-state index contributed by atoms with van der Waals surface area (Å²) in [4.78, 5) is 59.3. The van der Waals surface area contributed by atoms with Crippen LogP contribution >= 0.6 is 0 Å². The SMILES string of the molecule is CC(C)C[C@@H](NC(=O)[C@H](CC(=O)[C@H](N)Cc1ccccc1)Cc1ccccc1)C(=O)C[C@H](CCCCN)C(=O)NCc1cn2ccccc2n1. The van der Waals surface area contributed by atoms with Crippen LogP contribution in [-0.2, 0) is 38.6 Å². The Bertz CT molecular complexity index is 1640. The number of fused-ring (bicyclic) bond motifs is 1. The Morgan fingerprint density at radius 1 is 0.780 bits per heavy atom. The standard InChI is InChI=1S/C40H52N6O4/c1-28(2)21-35(37(48)24-31(17-9-11-19-41)39(49)43-26-33-27-46-20-12-10-18-38(46)44-33)45-40(50)32(22-29-13-5-3-6-14-29)25-36(47)34(42)23-30-15-7-4-8-16-30/h3-8,10,12-16,18,20,27-28,31-32,34-35H,9,11,17,19,21-26,41-42H2,1-2H3,(H,43,49)(H,45,50)/t31-,32-,34+,35+/m0/s1. The van der Waals surface area contributed by atoms with Gasteiger partial charge in [-0.25, -0.2) is 4.98 Å². The average molecular weight is 681 g/mol. The molecule has 4 aromatic rings. The number of carbonyl (C=O) groups excluding carboxylic acids is 4. The van der Waals surface area contributed by atoms with Crippen molar-refractivity contribution in [2.75, 3.05) is 6.54 Å². The maximum absolute atomic E-state index is 14.0. The summed E-state index contributed by atoms with van der Waals surface area (Å²) in [5.74, 6) is -2.24. The first-order valence-electron chi connectivity index (χ1n) is 17.7. The number of carbonyl (C=O) groups is 4. The van der Waals surface area contributed by atoms with Gasteiger partial charge in [-0.1, -0.05) is 87.0 Å². The summed E-state index contributed by atoms with van der Waals surface area (Å²) in [7, 11) is 0. The van der Waals surface area contributed by atoms with E-state index in [1.165, 1.54) is 0 Å². The van der Waals surface area contributed by atoms with E-state index in [0.717, 1.165) is 23.2 Å². The number of unbranched alkanes of at least 4 members (excludes halogenated alkanes) is 1. The quantitative estimate of drug-likeness (QED) is 0.0938. The number of Topliss-reactive ketones (excluding diaryl/α,β-unsaturated/α-hetero) is 2. The van der Waals surface area contributed by atoms with Crippen LogP contribution in [0.5, 0.6) is 0 Å². The maximum atomic E-state index is 14.0. The number of nitrogens with zero attached hydrogens (tertiary/aromatic N) is 2. The molecule has 0 aliphatic carbocycles. The summed E-state index contributed by atoms with van der Waals surface area (Å²) in [6.45, 7) is 4.70. The maximum Gasteiger partial charge on any atom is 0.224 e. The van der Waals surface area contributed by atoms with Gasteiger partial charge in [0.1, 0.15) is 5.65 Å². The fourth-order valence-electron chi connectivity index (χ4n) is 6.20. The van der Waals surface area contributed by atoms with Crippen molar-refractivity contribution >= 4 is 29.0 Å². The van der Waals surface area contributed by atoms with Gasteiger partial charge < -0.3 is 26.5 Å². The molecule has 266 valence electrons. The molecule has 10 nitrogen and oxygen atoms in total. The van der Waals surface area contributed by atoms with Crippen molar-refractivity contribution < 1.29 is 19.2 Å². The van der Waals surface area contributed by atoms with Crippen LogP contribution in [-0.4, -0.2) is 51.4 Å². The van der Waals surface area contributed by atoms with Crippen molar-refractivity contribution in [3.8, 4) is 0 Å². The number of aromatic nitrogens is 2. The van der Waals surface area contributed by atoms with Gasteiger partial charge in [0.2, 0.25) is 11.8 Å². The predicted octanol–water partition coefficient (Wildman–Crippen LogP) is 4.57. The van der Waals surface area contributed by atoms with Crippen LogP contribution in [0.4, 0.5) is 0 Å². The third-order valence-corrected chi connectivity index (χ3v) is 8.95. The van der Waals surface area contributed by atoms with Gasteiger partial charge in [0.25, 0.3) is 0 Å². The highest BCUT2D eigenvalue weighted by atomic mass is 16.2. The minimum atomic E-state index is -0.808. The highest BCUT2D eigenvalue weighted by Crippen LogP contribution is 2.20. The van der Waals surface area contributed by atoms with Crippen molar-refractivity contribution in [1.29, 1.82) is 0 Å². The largest absolute Gasteiger partial charge is 0.350 e. The summed E-state index contributed by atoms with van der Waals surface area (Å²) in [6.07, 6.45) is 6.71. The van der Waals surface area contributed by atoms with Crippen molar-refractivity contribution in [3.63, 3.8) is 0 Å². The Hall–Kier alpha value is -4.67. The van der Waals surface area contributed by atoms with Gasteiger partial charge >= 0.3 is 0 Å². The fraction of sp³-hybridized carbons (Fsp3) is 0.425. The number of pyridine rings is 1. The lowest BCUT2D eigenvalue weighted by Crippen LogP contribution is -2.47. The summed E-state index contributed by atoms with van der Waals surface area (Å²) < 4.78 is 1.89. The number of nitrogens with one attached hydrogen (secondary N) is 2. The summed E-state index contributed by atoms with van der Waals surface area (Å²) >= 11 is 0. The molecule has 4 rings (SSSR count). The lowest BCUT2D eigenvalue weighted by atomic mass is 9.87. The Morgan fingerprint density at radius 3 is 2.06 bits per heavy atom. The molecule has 2 aromatic carbocycles. The molecule has 0 spiro atoms. The number of rotatable bonds is 21. The summed E-state index contributed by atoms with van der Waals surface area (Å²) in [6, 6.07) is 23.2. The van der Waals surface area contributed by atoms with Gasteiger partial charge in [0.05, 0.1) is 24.3 Å². The second-order valence-corrected chi connectivity index (χ2v) is 13.6. The van der Waals surface area contributed by atoms with Crippen LogP contribution < -0.4 is 22.1 Å². The fourth-order valence-corrected chi connectivity index (χ4v) is 6.20. The number of hydrogen-bond donors (Lipinski definition) is 4. The highest BCUT2D eigenvalue weighted by molar-refractivity contribution is 5.94. The topological polar surface area (TPSA) is 162 Å². The molecule has 0 aliphatic heterocycles. The summed E-state index contributed by atoms with van der Waals surface area (Å²) in [5.41, 5.74) is 15.4. The molecular weight excluding hydrogens is 628 g/mol. The van der Waals surface area contributed by atoms with E-state index in [1.807, 2.05) is 110 Å². The van der Waals surface area contributed by atoms with E-state index in [0.29, 0.717) is 44.3 Å². The van der Waals surface area contributed by atoms with Crippen molar-refractivity contribution in [2.24, 2.45) is 29.2 Å². The first kappa shape index (κ1) is 38.1. The first-order chi connectivity index (χ1) is 24.1. The van der Waals surface area contributed by atoms with E-state index in [4.69, 9.17) is 11.5 Å². The van der Waals surface area contributed by atoms with E-state index >= 15 is 0 Å². The third-order valence-electron chi connectivity index (χ3n) is 8.95. The minimum absolute atomic E-state index is 0.0243. The molecule has 0 saturated heterocycles. The van der Waals surface area contributed by atoms with Crippen LogP contribution in [0.3, 0.4) is 0 Å². The first-order valence-corrected chi connectivity index (χ1v) is 17.7. The molecule has 4 atom stereocenters. The number of benzene rings is 2. The number of amides is 2. The summed E-state index contributed by atoms with van der Waals surface area (Å²) in [5, 5.41) is 5.97. The van der Waals surface area contributed by atoms with Gasteiger partial charge in [0, 0.05) is 37.1 Å². The zero-order chi connectivity index (χ0) is 35.9. The lowest BCUT2D eigenvalue weighted by molar-refractivity contribution is -0.134. The molecule has 0 unspecified atom stereocenters. The Labute approximate surface area is 295 Å². The Balaban J connectivity index is 1.46. The van der Waals surface area contributed by atoms with Crippen LogP contribution in [0.15, 0.2) is 91.3 Å². The molecule has 2 amide bonds. The number of hydrogen-bond acceptors (Lipinski definition) is 7. The van der Waals surface area contributed by atoms with Crippen LogP contribution in [0, 0.1) is 17.8 Å². The third kappa shape index (κ3) is 12.0. The van der Waals surface area contributed by atoms with Crippen molar-refractivity contribution in [3.05, 3.63) is 108 Å². The monoisotopic (exact) mass is 680 g/mol. The van der Waals surface area contributed by atoms with E-state index in [9.17, 15) is 19.2 Å². The zero-order valence-electron chi connectivity index (χ0n) is 29.3. The Kier molecular flexibility index (Phi) is 14.9. The van der Waals surface area contributed by atoms with Gasteiger partial charge in [-0.3, -0.25) is 19.2 Å². The number of imidazole rings is 1. The number of nitrogens with two attached hydrogens (primary N) is 2. The molecule has 2 heterocycles. The Morgan fingerprint density at radius 2 is 1.42 bits per heavy atom. The highest BCUT2D eigenvalue weighted by Gasteiger charge is 2.31. The molecule has 0 saturated carbocycles. The molecule has 50 heavy (non-hydrogen) atoms. The van der Waals surface area contributed by atoms with E-state index in [-0.39, 0.29) is 48.7 Å². The molecule has 0 radical (unpaired) electrons. The van der Waals surface area contributed by atoms with Crippen molar-refractivity contribution in [2.45, 2.75) is 83.8 Å².